The quantitative estimate of drug-likeness (QED) is 0.768. The lowest BCUT2D eigenvalue weighted by Crippen LogP contribution is -2.45. The number of nitrogens with zero attached hydrogens (tertiary/aromatic N) is 6. The summed E-state index contributed by atoms with van der Waals surface area (Å²) in [5, 5.41) is 0. The van der Waals surface area contributed by atoms with Gasteiger partial charge in [-0.3, -0.25) is 9.30 Å². The van der Waals surface area contributed by atoms with Gasteiger partial charge in [0.25, 0.3) is 0 Å². The summed E-state index contributed by atoms with van der Waals surface area (Å²) in [6, 6.07) is 6.82. The largest absolute Gasteiger partial charge is 0.355 e. The average molecular weight is 365 g/mol. The number of anilines is 1. The van der Waals surface area contributed by atoms with Gasteiger partial charge in [0, 0.05) is 51.3 Å². The van der Waals surface area contributed by atoms with Crippen LogP contribution in [0.1, 0.15) is 30.4 Å². The van der Waals surface area contributed by atoms with Crippen molar-refractivity contribution in [2.24, 2.45) is 0 Å². The van der Waals surface area contributed by atoms with Gasteiger partial charge in [0.05, 0.1) is 11.7 Å². The van der Waals surface area contributed by atoms with Crippen molar-refractivity contribution < 1.29 is 0 Å². The fourth-order valence-corrected chi connectivity index (χ4v) is 4.41. The highest BCUT2D eigenvalue weighted by Gasteiger charge is 2.28. The molecule has 3 aromatic rings. The molecule has 7 nitrogen and oxygen atoms in total. The van der Waals surface area contributed by atoms with Crippen LogP contribution in [0.25, 0.3) is 5.65 Å². The number of pyridine rings is 1. The average Bonchev–Trinajstić information content (AvgIpc) is 3.42. The zero-order chi connectivity index (χ0) is 18.2. The minimum atomic E-state index is 0.377. The first-order valence-corrected chi connectivity index (χ1v) is 9.92. The molecule has 142 valence electrons. The monoisotopic (exact) mass is 365 g/mol. The highest BCUT2D eigenvalue weighted by Crippen LogP contribution is 2.31. The number of piperazine rings is 1. The molecule has 27 heavy (non-hydrogen) atoms. The van der Waals surface area contributed by atoms with E-state index >= 15 is 0 Å². The van der Waals surface area contributed by atoms with E-state index in [9.17, 15) is 0 Å². The van der Waals surface area contributed by atoms with E-state index in [1.807, 2.05) is 12.4 Å². The Morgan fingerprint density at radius 2 is 2.04 bits per heavy atom. The summed E-state index contributed by atoms with van der Waals surface area (Å²) >= 11 is 0. The molecular formula is C20H27N7. The van der Waals surface area contributed by atoms with E-state index in [0.717, 1.165) is 62.9 Å². The Morgan fingerprint density at radius 3 is 2.85 bits per heavy atom. The van der Waals surface area contributed by atoms with Crippen LogP contribution in [0.4, 0.5) is 5.82 Å². The first kappa shape index (κ1) is 16.8. The summed E-state index contributed by atoms with van der Waals surface area (Å²) in [6.07, 6.45) is 8.36. The maximum atomic E-state index is 4.92. The first-order chi connectivity index (χ1) is 13.3. The Morgan fingerprint density at radius 1 is 1.15 bits per heavy atom. The predicted molar refractivity (Wildman–Crippen MR) is 106 cm³/mol. The van der Waals surface area contributed by atoms with Gasteiger partial charge in [-0.2, -0.15) is 0 Å². The number of likely N-dealkylation sites (N-methyl/N-ethyl adjacent to an activating group) is 1. The van der Waals surface area contributed by atoms with Gasteiger partial charge in [-0.25, -0.2) is 9.97 Å². The molecular weight excluding hydrogens is 338 g/mol. The van der Waals surface area contributed by atoms with E-state index < -0.39 is 0 Å². The number of likely N-dealkylation sites (tertiary alicyclic amines) is 1. The second-order valence-corrected chi connectivity index (χ2v) is 7.74. The molecule has 1 N–H and O–H groups in total. The Kier molecular flexibility index (Phi) is 4.33. The number of nitrogens with one attached hydrogen (secondary N) is 1. The van der Waals surface area contributed by atoms with Crippen LogP contribution in [0.5, 0.6) is 0 Å². The fourth-order valence-electron chi connectivity index (χ4n) is 4.41. The summed E-state index contributed by atoms with van der Waals surface area (Å²) in [4.78, 5) is 20.0. The van der Waals surface area contributed by atoms with Crippen LogP contribution in [0.2, 0.25) is 0 Å². The zero-order valence-electron chi connectivity index (χ0n) is 15.9. The van der Waals surface area contributed by atoms with E-state index in [0.29, 0.717) is 6.04 Å². The molecule has 0 spiro atoms. The maximum Gasteiger partial charge on any atom is 0.138 e. The van der Waals surface area contributed by atoms with E-state index in [-0.39, 0.29) is 0 Å². The topological polar surface area (TPSA) is 55.7 Å². The third-order valence-electron chi connectivity index (χ3n) is 5.91. The standard InChI is InChI=1S/C20H27N7/c1-24-10-12-25(13-11-24)19-6-2-5-18-23-16(15-27(18)19)14-26-9-3-4-17(26)20-21-7-8-22-20/h2,5-8,15,17H,3-4,9-14H2,1H3,(H,21,22). The van der Waals surface area contributed by atoms with Crippen LogP contribution in [0.3, 0.4) is 0 Å². The Labute approximate surface area is 159 Å². The number of fused-ring (bicyclic) bond motifs is 1. The number of H-pyrrole nitrogens is 1. The minimum absolute atomic E-state index is 0.377. The molecule has 0 aromatic carbocycles. The molecule has 2 aliphatic rings. The molecule has 2 fully saturated rings. The molecule has 5 rings (SSSR count). The Balaban J connectivity index is 1.39. The van der Waals surface area contributed by atoms with Crippen molar-refractivity contribution >= 4 is 11.5 Å². The van der Waals surface area contributed by atoms with Crippen LogP contribution < -0.4 is 4.90 Å². The van der Waals surface area contributed by atoms with Gasteiger partial charge in [-0.05, 0) is 38.6 Å². The first-order valence-electron chi connectivity index (χ1n) is 9.92. The highest BCUT2D eigenvalue weighted by atomic mass is 15.3. The molecule has 0 amide bonds. The Hall–Kier alpha value is -2.38. The van der Waals surface area contributed by atoms with Crippen molar-refractivity contribution in [3.8, 4) is 0 Å². The molecule has 2 saturated heterocycles. The summed E-state index contributed by atoms with van der Waals surface area (Å²) in [6.45, 7) is 6.32. The molecule has 7 heteroatoms. The second kappa shape index (κ2) is 6.98. The molecule has 0 aliphatic carbocycles. The van der Waals surface area contributed by atoms with Gasteiger partial charge in [-0.1, -0.05) is 6.07 Å². The lowest BCUT2D eigenvalue weighted by Gasteiger charge is -2.34. The number of rotatable bonds is 4. The number of aromatic amines is 1. The summed E-state index contributed by atoms with van der Waals surface area (Å²) in [7, 11) is 2.19. The van der Waals surface area contributed by atoms with Gasteiger partial charge >= 0.3 is 0 Å². The molecule has 1 atom stereocenters. The molecule has 5 heterocycles. The number of hydrogen-bond acceptors (Lipinski definition) is 5. The molecule has 2 aliphatic heterocycles. The SMILES string of the molecule is CN1CCN(c2cccc3nc(CN4CCCC4c4ncc[nH]4)cn23)CC1. The van der Waals surface area contributed by atoms with Crippen LogP contribution in [-0.4, -0.2) is 68.9 Å². The van der Waals surface area contributed by atoms with Crippen LogP contribution in [-0.2, 0) is 6.54 Å². The van der Waals surface area contributed by atoms with Gasteiger partial charge in [-0.15, -0.1) is 0 Å². The fraction of sp³-hybridized carbons (Fsp3) is 0.500. The van der Waals surface area contributed by atoms with Gasteiger partial charge < -0.3 is 14.8 Å². The van der Waals surface area contributed by atoms with E-state index in [1.165, 1.54) is 12.2 Å². The summed E-state index contributed by atoms with van der Waals surface area (Å²) in [5.74, 6) is 2.33. The summed E-state index contributed by atoms with van der Waals surface area (Å²) < 4.78 is 2.26. The van der Waals surface area contributed by atoms with Gasteiger partial charge in [0.2, 0.25) is 0 Å². The van der Waals surface area contributed by atoms with Crippen molar-refractivity contribution in [3.05, 3.63) is 48.3 Å². The summed E-state index contributed by atoms with van der Waals surface area (Å²) in [5.41, 5.74) is 2.17. The van der Waals surface area contributed by atoms with Crippen LogP contribution in [0, 0.1) is 0 Å². The third-order valence-corrected chi connectivity index (χ3v) is 5.91. The van der Waals surface area contributed by atoms with Gasteiger partial charge in [0.1, 0.15) is 17.3 Å². The number of imidazole rings is 2. The van der Waals surface area contributed by atoms with Crippen molar-refractivity contribution in [1.29, 1.82) is 0 Å². The lowest BCUT2D eigenvalue weighted by molar-refractivity contribution is 0.238. The predicted octanol–water partition coefficient (Wildman–Crippen LogP) is 2.15. The van der Waals surface area contributed by atoms with Crippen molar-refractivity contribution in [1.82, 2.24) is 29.2 Å². The molecule has 1 unspecified atom stereocenters. The van der Waals surface area contributed by atoms with Crippen LogP contribution in [0.15, 0.2) is 36.8 Å². The minimum Gasteiger partial charge on any atom is -0.355 e. The molecule has 3 aromatic heterocycles. The molecule has 0 saturated carbocycles. The highest BCUT2D eigenvalue weighted by molar-refractivity contribution is 5.52. The third kappa shape index (κ3) is 3.21. The van der Waals surface area contributed by atoms with Gasteiger partial charge in [0.15, 0.2) is 0 Å². The smallest absolute Gasteiger partial charge is 0.138 e. The maximum absolute atomic E-state index is 4.92. The van der Waals surface area contributed by atoms with Crippen molar-refractivity contribution in [3.63, 3.8) is 0 Å². The van der Waals surface area contributed by atoms with Crippen molar-refractivity contribution in [2.45, 2.75) is 25.4 Å². The molecule has 0 bridgehead atoms. The number of hydrogen-bond donors (Lipinski definition) is 1. The second-order valence-electron chi connectivity index (χ2n) is 7.74. The molecule has 0 radical (unpaired) electrons. The lowest BCUT2D eigenvalue weighted by atomic mass is 10.2. The number of aromatic nitrogens is 4. The van der Waals surface area contributed by atoms with Crippen molar-refractivity contribution in [2.75, 3.05) is 44.7 Å². The van der Waals surface area contributed by atoms with E-state index in [2.05, 4.69) is 60.5 Å². The van der Waals surface area contributed by atoms with Crippen LogP contribution >= 0.6 is 0 Å². The Bertz CT molecular complexity index is 892. The zero-order valence-corrected chi connectivity index (χ0v) is 15.9. The van der Waals surface area contributed by atoms with E-state index in [1.54, 1.807) is 0 Å². The normalized spacial score (nSPS) is 22.1. The van der Waals surface area contributed by atoms with E-state index in [4.69, 9.17) is 4.98 Å².